The molecule has 114 valence electrons. The Kier molecular flexibility index (Phi) is 3.94. The number of rotatable bonds is 4. The zero-order chi connectivity index (χ0) is 15.8. The monoisotopic (exact) mass is 316 g/mol. The van der Waals surface area contributed by atoms with Gasteiger partial charge >= 0.3 is 5.97 Å². The topological polar surface area (TPSA) is 138 Å². The van der Waals surface area contributed by atoms with Crippen LogP contribution in [-0.2, 0) is 14.8 Å². The van der Waals surface area contributed by atoms with Crippen molar-refractivity contribution in [3.63, 3.8) is 0 Å². The molecule has 0 amide bonds. The van der Waals surface area contributed by atoms with Crippen molar-refractivity contribution in [1.82, 2.24) is 4.31 Å². The minimum Gasteiger partial charge on any atom is -0.480 e. The third kappa shape index (κ3) is 2.86. The van der Waals surface area contributed by atoms with Gasteiger partial charge in [0.05, 0.1) is 15.9 Å². The van der Waals surface area contributed by atoms with Gasteiger partial charge in [0.1, 0.15) is 6.04 Å². The Balaban J connectivity index is 2.44. The highest BCUT2D eigenvalue weighted by molar-refractivity contribution is 7.89. The van der Waals surface area contributed by atoms with Gasteiger partial charge in [-0.25, -0.2) is 8.42 Å². The summed E-state index contributed by atoms with van der Waals surface area (Å²) < 4.78 is 25.4. The normalized spacial score (nSPS) is 23.1. The number of benzene rings is 1. The summed E-state index contributed by atoms with van der Waals surface area (Å²) in [5, 5.41) is 29.2. The number of sulfonamides is 1. The molecule has 1 fully saturated rings. The maximum absolute atomic E-state index is 12.4. The molecule has 1 aromatic rings. The van der Waals surface area contributed by atoms with E-state index in [9.17, 15) is 28.4 Å². The molecular weight excluding hydrogens is 304 g/mol. The van der Waals surface area contributed by atoms with Crippen LogP contribution in [0.15, 0.2) is 29.2 Å². The maximum atomic E-state index is 12.4. The van der Waals surface area contributed by atoms with Gasteiger partial charge in [-0.2, -0.15) is 4.31 Å². The number of nitro groups is 1. The minimum atomic E-state index is -4.23. The first-order chi connectivity index (χ1) is 9.73. The van der Waals surface area contributed by atoms with E-state index in [-0.39, 0.29) is 17.9 Å². The summed E-state index contributed by atoms with van der Waals surface area (Å²) >= 11 is 0. The second-order valence-electron chi connectivity index (χ2n) is 4.57. The van der Waals surface area contributed by atoms with Crippen LogP contribution in [0.25, 0.3) is 0 Å². The van der Waals surface area contributed by atoms with Gasteiger partial charge in [0.2, 0.25) is 10.0 Å². The number of nitrogens with zero attached hydrogens (tertiary/aromatic N) is 2. The lowest BCUT2D eigenvalue weighted by atomic mass is 10.2. The molecule has 9 nitrogen and oxygen atoms in total. The molecule has 1 aliphatic rings. The number of aliphatic hydroxyl groups is 1. The van der Waals surface area contributed by atoms with Crippen LogP contribution in [0, 0.1) is 10.1 Å². The van der Waals surface area contributed by atoms with Crippen LogP contribution < -0.4 is 0 Å². The lowest BCUT2D eigenvalue weighted by molar-refractivity contribution is -0.385. The first-order valence-corrected chi connectivity index (χ1v) is 7.34. The average Bonchev–Trinajstić information content (AvgIpc) is 2.82. The van der Waals surface area contributed by atoms with Crippen molar-refractivity contribution < 1.29 is 28.3 Å². The number of carbonyl (C=O) groups is 1. The zero-order valence-corrected chi connectivity index (χ0v) is 11.4. The number of hydrogen-bond donors (Lipinski definition) is 2. The summed E-state index contributed by atoms with van der Waals surface area (Å²) in [7, 11) is -4.23. The summed E-state index contributed by atoms with van der Waals surface area (Å²) in [6.07, 6.45) is -1.30. The Hall–Kier alpha value is -2.04. The molecule has 0 bridgehead atoms. The van der Waals surface area contributed by atoms with Gasteiger partial charge in [0.25, 0.3) is 5.69 Å². The fourth-order valence-electron chi connectivity index (χ4n) is 2.17. The predicted octanol–water partition coefficient (Wildman–Crippen LogP) is -0.197. The molecule has 2 N–H and O–H groups in total. The molecule has 0 spiro atoms. The Bertz CT molecular complexity index is 688. The van der Waals surface area contributed by atoms with Crippen LogP contribution in [0.3, 0.4) is 0 Å². The lowest BCUT2D eigenvalue weighted by Crippen LogP contribution is -2.40. The molecule has 1 aromatic carbocycles. The fraction of sp³-hybridized carbons (Fsp3) is 0.364. The van der Waals surface area contributed by atoms with Gasteiger partial charge < -0.3 is 10.2 Å². The van der Waals surface area contributed by atoms with Crippen LogP contribution in [0.5, 0.6) is 0 Å². The third-order valence-electron chi connectivity index (χ3n) is 3.15. The maximum Gasteiger partial charge on any atom is 0.322 e. The molecule has 2 unspecified atom stereocenters. The number of β-amino-alcohol motifs (C(OH)–C–C–N with tert-alkyl or cyclic N) is 1. The predicted molar refractivity (Wildman–Crippen MR) is 69.0 cm³/mol. The third-order valence-corrected chi connectivity index (χ3v) is 5.02. The van der Waals surface area contributed by atoms with Crippen molar-refractivity contribution in [2.24, 2.45) is 0 Å². The number of hydrogen-bond acceptors (Lipinski definition) is 6. The van der Waals surface area contributed by atoms with Crippen LogP contribution in [0.4, 0.5) is 5.69 Å². The van der Waals surface area contributed by atoms with E-state index in [1.807, 2.05) is 0 Å². The van der Waals surface area contributed by atoms with Crippen LogP contribution in [0.2, 0.25) is 0 Å². The molecule has 2 rings (SSSR count). The minimum absolute atomic E-state index is 0.219. The summed E-state index contributed by atoms with van der Waals surface area (Å²) in [6, 6.07) is 2.95. The molecule has 0 radical (unpaired) electrons. The second-order valence-corrected chi connectivity index (χ2v) is 6.46. The molecule has 1 heterocycles. The van der Waals surface area contributed by atoms with Crippen molar-refractivity contribution in [2.45, 2.75) is 23.5 Å². The van der Waals surface area contributed by atoms with E-state index in [0.29, 0.717) is 4.31 Å². The molecular formula is C11H12N2O7S. The molecule has 0 aromatic heterocycles. The highest BCUT2D eigenvalue weighted by Gasteiger charge is 2.43. The van der Waals surface area contributed by atoms with Crippen molar-refractivity contribution in [1.29, 1.82) is 0 Å². The number of carboxylic acids is 1. The Morgan fingerprint density at radius 2 is 2.10 bits per heavy atom. The summed E-state index contributed by atoms with van der Waals surface area (Å²) in [5.41, 5.74) is -0.414. The largest absolute Gasteiger partial charge is 0.480 e. The van der Waals surface area contributed by atoms with E-state index in [0.717, 1.165) is 18.2 Å². The SMILES string of the molecule is O=C(O)C1CC(O)CN1S(=O)(=O)c1cccc([N+](=O)[O-])c1. The van der Waals surface area contributed by atoms with E-state index in [1.54, 1.807) is 0 Å². The molecule has 0 saturated carbocycles. The highest BCUT2D eigenvalue weighted by Crippen LogP contribution is 2.28. The van der Waals surface area contributed by atoms with E-state index in [1.165, 1.54) is 6.07 Å². The summed E-state index contributed by atoms with van der Waals surface area (Å²) in [4.78, 5) is 20.7. The van der Waals surface area contributed by atoms with Crippen molar-refractivity contribution in [3.05, 3.63) is 34.4 Å². The Morgan fingerprint density at radius 3 is 2.67 bits per heavy atom. The van der Waals surface area contributed by atoms with Gasteiger partial charge in [-0.15, -0.1) is 0 Å². The fourth-order valence-corrected chi connectivity index (χ4v) is 3.84. The number of carboxylic acid groups (broad SMARTS) is 1. The molecule has 1 saturated heterocycles. The van der Waals surface area contributed by atoms with Crippen molar-refractivity contribution in [3.8, 4) is 0 Å². The second kappa shape index (κ2) is 5.39. The lowest BCUT2D eigenvalue weighted by Gasteiger charge is -2.20. The summed E-state index contributed by atoms with van der Waals surface area (Å²) in [6.45, 7) is -0.359. The van der Waals surface area contributed by atoms with E-state index in [2.05, 4.69) is 0 Å². The first kappa shape index (κ1) is 15.4. The van der Waals surface area contributed by atoms with Crippen molar-refractivity contribution in [2.75, 3.05) is 6.54 Å². The van der Waals surface area contributed by atoms with E-state index >= 15 is 0 Å². The quantitative estimate of drug-likeness (QED) is 0.579. The average molecular weight is 316 g/mol. The number of non-ortho nitro benzene ring substituents is 1. The van der Waals surface area contributed by atoms with Crippen LogP contribution in [-0.4, -0.2) is 52.5 Å². The van der Waals surface area contributed by atoms with Crippen LogP contribution in [0.1, 0.15) is 6.42 Å². The van der Waals surface area contributed by atoms with Crippen LogP contribution >= 0.6 is 0 Å². The van der Waals surface area contributed by atoms with Crippen molar-refractivity contribution >= 4 is 21.7 Å². The molecule has 0 aliphatic carbocycles. The summed E-state index contributed by atoms with van der Waals surface area (Å²) in [5.74, 6) is -1.37. The number of nitro benzene ring substituents is 1. The van der Waals surface area contributed by atoms with E-state index in [4.69, 9.17) is 5.11 Å². The first-order valence-electron chi connectivity index (χ1n) is 5.90. The zero-order valence-electron chi connectivity index (χ0n) is 10.6. The standard InChI is InChI=1S/C11H12N2O7S/c14-8-5-10(11(15)16)12(6-8)21(19,20)9-3-1-2-7(4-9)13(17)18/h1-4,8,10,14H,5-6H2,(H,15,16). The molecule has 2 atom stereocenters. The van der Waals surface area contributed by atoms with Gasteiger partial charge in [0, 0.05) is 25.1 Å². The Labute approximate surface area is 119 Å². The molecule has 10 heteroatoms. The van der Waals surface area contributed by atoms with Gasteiger partial charge in [-0.3, -0.25) is 14.9 Å². The molecule has 21 heavy (non-hydrogen) atoms. The molecule has 1 aliphatic heterocycles. The van der Waals surface area contributed by atoms with Gasteiger partial charge in [0.15, 0.2) is 0 Å². The van der Waals surface area contributed by atoms with Gasteiger partial charge in [-0.05, 0) is 6.07 Å². The van der Waals surface area contributed by atoms with E-state index < -0.39 is 38.7 Å². The van der Waals surface area contributed by atoms with Gasteiger partial charge in [-0.1, -0.05) is 6.07 Å². The number of aliphatic carboxylic acids is 1. The Morgan fingerprint density at radius 1 is 1.43 bits per heavy atom. The highest BCUT2D eigenvalue weighted by atomic mass is 32.2. The number of aliphatic hydroxyl groups excluding tert-OH is 1. The smallest absolute Gasteiger partial charge is 0.322 e.